The van der Waals surface area contributed by atoms with Crippen LogP contribution < -0.4 is 5.32 Å². The second-order valence-electron chi connectivity index (χ2n) is 8.57. The van der Waals surface area contributed by atoms with Gasteiger partial charge in [-0.25, -0.2) is 14.5 Å². The van der Waals surface area contributed by atoms with Gasteiger partial charge in [0.1, 0.15) is 5.69 Å². The maximum Gasteiger partial charge on any atom is 0.417 e. The van der Waals surface area contributed by atoms with Gasteiger partial charge in [-0.1, -0.05) is 30.2 Å². The van der Waals surface area contributed by atoms with E-state index in [1.807, 2.05) is 6.07 Å². The fourth-order valence-corrected chi connectivity index (χ4v) is 4.59. The van der Waals surface area contributed by atoms with Crippen molar-refractivity contribution in [3.63, 3.8) is 0 Å². The molecule has 1 aliphatic rings. The lowest BCUT2D eigenvalue weighted by Gasteiger charge is -2.26. The molecule has 0 saturated carbocycles. The number of hydrogen-bond donors (Lipinski definition) is 1. The standard InChI is InChI=1S/C25H24ClF3N6/c26-19-6-4-5-17(15-19)23-22(21-8-7-18(25(27,28)29)16-35(21)33-23)20-9-10-30-24(32-20)31-11-14-34-12-2-1-3-13-34/h4-10,15-16H,1-3,11-14H2,(H,30,31,32). The number of aromatic nitrogens is 4. The maximum absolute atomic E-state index is 13.3. The SMILES string of the molecule is FC(F)(F)c1ccc2c(-c3ccnc(NCCN4CCCCC4)n3)c(-c3cccc(Cl)c3)nn2c1. The first-order valence-electron chi connectivity index (χ1n) is 11.5. The number of rotatable bonds is 6. The number of alkyl halides is 3. The number of nitrogens with zero attached hydrogens (tertiary/aromatic N) is 5. The summed E-state index contributed by atoms with van der Waals surface area (Å²) in [6.07, 6.45) is 1.89. The summed E-state index contributed by atoms with van der Waals surface area (Å²) < 4.78 is 41.3. The normalized spacial score (nSPS) is 15.0. The van der Waals surface area contributed by atoms with Gasteiger partial charge in [0.05, 0.1) is 22.3 Å². The van der Waals surface area contributed by atoms with E-state index in [0.717, 1.165) is 31.9 Å². The molecule has 0 spiro atoms. The molecule has 4 aromatic rings. The Kier molecular flexibility index (Phi) is 6.62. The summed E-state index contributed by atoms with van der Waals surface area (Å²) in [7, 11) is 0. The molecule has 1 N–H and O–H groups in total. The highest BCUT2D eigenvalue weighted by Gasteiger charge is 2.31. The van der Waals surface area contributed by atoms with Crippen LogP contribution in [0.5, 0.6) is 0 Å². The fraction of sp³-hybridized carbons (Fsp3) is 0.320. The third-order valence-corrected chi connectivity index (χ3v) is 6.36. The second kappa shape index (κ2) is 9.83. The lowest BCUT2D eigenvalue weighted by Crippen LogP contribution is -2.33. The molecule has 5 rings (SSSR count). The van der Waals surface area contributed by atoms with Gasteiger partial charge in [-0.15, -0.1) is 0 Å². The summed E-state index contributed by atoms with van der Waals surface area (Å²) in [5.41, 5.74) is 2.07. The molecule has 1 aromatic carbocycles. The van der Waals surface area contributed by atoms with Crippen LogP contribution in [0.4, 0.5) is 19.1 Å². The first kappa shape index (κ1) is 23.6. The van der Waals surface area contributed by atoms with Crippen LogP contribution in [0.2, 0.25) is 5.02 Å². The van der Waals surface area contributed by atoms with Crippen molar-refractivity contribution in [3.05, 3.63) is 65.4 Å². The summed E-state index contributed by atoms with van der Waals surface area (Å²) in [4.78, 5) is 11.4. The highest BCUT2D eigenvalue weighted by atomic mass is 35.5. The van der Waals surface area contributed by atoms with Crippen molar-refractivity contribution in [1.29, 1.82) is 0 Å². The predicted octanol–water partition coefficient (Wildman–Crippen LogP) is 6.03. The van der Waals surface area contributed by atoms with Crippen LogP contribution >= 0.6 is 11.6 Å². The van der Waals surface area contributed by atoms with E-state index in [0.29, 0.717) is 45.5 Å². The Bertz CT molecular complexity index is 1330. The lowest BCUT2D eigenvalue weighted by molar-refractivity contribution is -0.137. The van der Waals surface area contributed by atoms with Gasteiger partial charge in [0.25, 0.3) is 0 Å². The van der Waals surface area contributed by atoms with E-state index in [4.69, 9.17) is 11.6 Å². The Morgan fingerprint density at radius 1 is 1.03 bits per heavy atom. The van der Waals surface area contributed by atoms with Gasteiger partial charge in [-0.3, -0.25) is 0 Å². The predicted molar refractivity (Wildman–Crippen MR) is 130 cm³/mol. The summed E-state index contributed by atoms with van der Waals surface area (Å²) in [6, 6.07) is 11.3. The van der Waals surface area contributed by atoms with Gasteiger partial charge in [0.15, 0.2) is 0 Å². The van der Waals surface area contributed by atoms with Gasteiger partial charge in [-0.2, -0.15) is 18.3 Å². The van der Waals surface area contributed by atoms with Crippen LogP contribution in [0.25, 0.3) is 28.0 Å². The average molecular weight is 501 g/mol. The van der Waals surface area contributed by atoms with Crippen molar-refractivity contribution < 1.29 is 13.2 Å². The number of halogens is 4. The first-order valence-corrected chi connectivity index (χ1v) is 11.9. The molecule has 1 fully saturated rings. The average Bonchev–Trinajstić information content (AvgIpc) is 3.23. The Hall–Kier alpha value is -3.17. The summed E-state index contributed by atoms with van der Waals surface area (Å²) in [5.74, 6) is 0.461. The number of pyridine rings is 1. The van der Waals surface area contributed by atoms with Crippen molar-refractivity contribution in [2.45, 2.75) is 25.4 Å². The first-order chi connectivity index (χ1) is 16.9. The van der Waals surface area contributed by atoms with E-state index < -0.39 is 11.7 Å². The van der Waals surface area contributed by atoms with E-state index in [2.05, 4.69) is 25.3 Å². The van der Waals surface area contributed by atoms with Crippen LogP contribution in [-0.4, -0.2) is 50.7 Å². The molecule has 0 bridgehead atoms. The van der Waals surface area contributed by atoms with Gasteiger partial charge < -0.3 is 10.2 Å². The molecule has 0 unspecified atom stereocenters. The summed E-state index contributed by atoms with van der Waals surface area (Å²) in [5, 5.41) is 8.28. The smallest absolute Gasteiger partial charge is 0.353 e. The zero-order valence-electron chi connectivity index (χ0n) is 18.9. The summed E-state index contributed by atoms with van der Waals surface area (Å²) in [6.45, 7) is 3.81. The Morgan fingerprint density at radius 2 is 1.86 bits per heavy atom. The fourth-order valence-electron chi connectivity index (χ4n) is 4.40. The molecule has 1 aliphatic heterocycles. The highest BCUT2D eigenvalue weighted by Crippen LogP contribution is 2.37. The van der Waals surface area contributed by atoms with Crippen molar-refractivity contribution in [1.82, 2.24) is 24.5 Å². The Labute approximate surface area is 205 Å². The van der Waals surface area contributed by atoms with Crippen LogP contribution in [0, 0.1) is 0 Å². The van der Waals surface area contributed by atoms with E-state index in [1.165, 1.54) is 29.8 Å². The van der Waals surface area contributed by atoms with E-state index in [9.17, 15) is 13.2 Å². The van der Waals surface area contributed by atoms with E-state index >= 15 is 0 Å². The van der Waals surface area contributed by atoms with Gasteiger partial charge in [0, 0.05) is 36.1 Å². The van der Waals surface area contributed by atoms with Crippen molar-refractivity contribution in [2.75, 3.05) is 31.5 Å². The zero-order chi connectivity index (χ0) is 24.4. The molecule has 35 heavy (non-hydrogen) atoms. The molecular weight excluding hydrogens is 477 g/mol. The Balaban J connectivity index is 1.52. The monoisotopic (exact) mass is 500 g/mol. The molecule has 6 nitrogen and oxygen atoms in total. The second-order valence-corrected chi connectivity index (χ2v) is 9.01. The quantitative estimate of drug-likeness (QED) is 0.350. The molecule has 3 aromatic heterocycles. The van der Waals surface area contributed by atoms with Crippen LogP contribution in [-0.2, 0) is 6.18 Å². The molecule has 1 saturated heterocycles. The number of piperidine rings is 1. The minimum absolute atomic E-state index is 0.461. The van der Waals surface area contributed by atoms with Gasteiger partial charge in [-0.05, 0) is 56.3 Å². The van der Waals surface area contributed by atoms with Crippen LogP contribution in [0.3, 0.4) is 0 Å². The topological polar surface area (TPSA) is 58.4 Å². The zero-order valence-corrected chi connectivity index (χ0v) is 19.6. The largest absolute Gasteiger partial charge is 0.417 e. The number of hydrogen-bond acceptors (Lipinski definition) is 5. The molecule has 0 atom stereocenters. The molecule has 0 aliphatic carbocycles. The van der Waals surface area contributed by atoms with Crippen LogP contribution in [0.15, 0.2) is 54.9 Å². The molecule has 0 amide bonds. The number of benzene rings is 1. The maximum atomic E-state index is 13.3. The molecule has 10 heteroatoms. The van der Waals surface area contributed by atoms with Crippen molar-refractivity contribution >= 4 is 23.1 Å². The third-order valence-electron chi connectivity index (χ3n) is 6.13. The molecule has 4 heterocycles. The van der Waals surface area contributed by atoms with Gasteiger partial charge in [0.2, 0.25) is 5.95 Å². The number of anilines is 1. The van der Waals surface area contributed by atoms with Crippen molar-refractivity contribution in [3.8, 4) is 22.5 Å². The number of likely N-dealkylation sites (tertiary alicyclic amines) is 1. The van der Waals surface area contributed by atoms with Crippen molar-refractivity contribution in [2.24, 2.45) is 0 Å². The minimum atomic E-state index is -4.48. The minimum Gasteiger partial charge on any atom is -0.353 e. The molecule has 182 valence electrons. The lowest BCUT2D eigenvalue weighted by atomic mass is 10.0. The molecular formula is C25H24ClF3N6. The molecule has 0 radical (unpaired) electrons. The third kappa shape index (κ3) is 5.26. The summed E-state index contributed by atoms with van der Waals surface area (Å²) >= 11 is 6.20. The number of nitrogens with one attached hydrogen (secondary N) is 1. The van der Waals surface area contributed by atoms with E-state index in [-0.39, 0.29) is 0 Å². The Morgan fingerprint density at radius 3 is 2.63 bits per heavy atom. The number of fused-ring (bicyclic) bond motifs is 1. The van der Waals surface area contributed by atoms with E-state index in [1.54, 1.807) is 30.5 Å². The highest BCUT2D eigenvalue weighted by molar-refractivity contribution is 6.30. The van der Waals surface area contributed by atoms with Crippen LogP contribution in [0.1, 0.15) is 24.8 Å². The van der Waals surface area contributed by atoms with Gasteiger partial charge >= 0.3 is 6.18 Å².